The van der Waals surface area contributed by atoms with Gasteiger partial charge in [0.25, 0.3) is 0 Å². The first-order chi connectivity index (χ1) is 13.2. The van der Waals surface area contributed by atoms with E-state index in [1.165, 1.54) is 0 Å². The second-order valence-electron chi connectivity index (χ2n) is 6.18. The normalized spacial score (nSPS) is 10.2. The van der Waals surface area contributed by atoms with Gasteiger partial charge >= 0.3 is 5.97 Å². The minimum absolute atomic E-state index is 0.101. The molecule has 6 heteroatoms. The molecule has 0 N–H and O–H groups in total. The number of hydrogen-bond acceptors (Lipinski definition) is 6. The van der Waals surface area contributed by atoms with Crippen molar-refractivity contribution in [3.63, 3.8) is 0 Å². The van der Waals surface area contributed by atoms with Gasteiger partial charge in [-0.15, -0.1) is 0 Å². The molecule has 0 radical (unpaired) electrons. The number of carbonyl (C=O) groups excluding carboxylic acids is 3. The highest BCUT2D eigenvalue weighted by Gasteiger charge is 2.13. The first-order valence-electron chi connectivity index (χ1n) is 8.35. The first-order valence-corrected chi connectivity index (χ1v) is 9.99. The van der Waals surface area contributed by atoms with Crippen LogP contribution in [-0.2, 0) is 9.59 Å². The highest BCUT2D eigenvalue weighted by molar-refractivity contribution is 8.14. The number of esters is 1. The average Bonchev–Trinajstić information content (AvgIpc) is 2.64. The molecule has 0 bridgehead atoms. The molecule has 0 aliphatic carbocycles. The molecule has 0 unspecified atom stereocenters. The van der Waals surface area contributed by atoms with Crippen molar-refractivity contribution in [3.05, 3.63) is 77.9 Å². The van der Waals surface area contributed by atoms with E-state index < -0.39 is 5.97 Å². The summed E-state index contributed by atoms with van der Waals surface area (Å²) in [6.45, 7) is 12.4. The lowest BCUT2D eigenvalue weighted by Gasteiger charge is -2.09. The number of aryl methyl sites for hydroxylation is 1. The van der Waals surface area contributed by atoms with E-state index in [4.69, 9.17) is 4.74 Å². The van der Waals surface area contributed by atoms with Gasteiger partial charge in [-0.3, -0.25) is 9.59 Å². The van der Waals surface area contributed by atoms with Crippen molar-refractivity contribution in [2.75, 3.05) is 0 Å². The molecule has 0 heterocycles. The number of ether oxygens (including phenoxy) is 1. The Labute approximate surface area is 173 Å². The van der Waals surface area contributed by atoms with Crippen LogP contribution in [0.5, 0.6) is 5.75 Å². The van der Waals surface area contributed by atoms with E-state index in [9.17, 15) is 14.4 Å². The van der Waals surface area contributed by atoms with Gasteiger partial charge in [-0.25, -0.2) is 4.79 Å². The summed E-state index contributed by atoms with van der Waals surface area (Å²) in [6, 6.07) is 11.7. The summed E-state index contributed by atoms with van der Waals surface area (Å²) >= 11 is 2.16. The minimum atomic E-state index is -0.499. The van der Waals surface area contributed by atoms with Gasteiger partial charge in [0.1, 0.15) is 5.75 Å². The molecule has 0 atom stereocenters. The third-order valence-electron chi connectivity index (χ3n) is 3.56. The van der Waals surface area contributed by atoms with Crippen molar-refractivity contribution >= 4 is 39.7 Å². The Morgan fingerprint density at radius 3 is 1.96 bits per heavy atom. The van der Waals surface area contributed by atoms with Crippen LogP contribution >= 0.6 is 23.5 Å². The van der Waals surface area contributed by atoms with Crippen molar-refractivity contribution in [3.8, 4) is 5.75 Å². The molecule has 0 aromatic heterocycles. The van der Waals surface area contributed by atoms with E-state index in [1.807, 2.05) is 6.92 Å². The fourth-order valence-electron chi connectivity index (χ4n) is 2.01. The van der Waals surface area contributed by atoms with Crippen molar-refractivity contribution in [1.29, 1.82) is 0 Å². The summed E-state index contributed by atoms with van der Waals surface area (Å²) in [5.41, 5.74) is 2.15. The Balaban J connectivity index is 2.05. The summed E-state index contributed by atoms with van der Waals surface area (Å²) in [6.07, 6.45) is 0. The summed E-state index contributed by atoms with van der Waals surface area (Å²) < 4.78 is 5.41. The van der Waals surface area contributed by atoms with Crippen LogP contribution in [0.25, 0.3) is 0 Å². The third-order valence-corrected chi connectivity index (χ3v) is 5.81. The van der Waals surface area contributed by atoms with Gasteiger partial charge in [-0.05, 0) is 103 Å². The topological polar surface area (TPSA) is 60.4 Å². The fourth-order valence-corrected chi connectivity index (χ4v) is 3.40. The molecule has 2 aromatic carbocycles. The Kier molecular flexibility index (Phi) is 7.43. The molecular weight excluding hydrogens is 392 g/mol. The predicted molar refractivity (Wildman–Crippen MR) is 114 cm³/mol. The Morgan fingerprint density at radius 1 is 0.857 bits per heavy atom. The van der Waals surface area contributed by atoms with Crippen LogP contribution in [0, 0.1) is 6.92 Å². The molecule has 0 aliphatic heterocycles. The molecular formula is C22H20O4S2. The third kappa shape index (κ3) is 5.97. The molecule has 0 saturated carbocycles. The number of benzene rings is 2. The SMILES string of the molecule is C=C(C)C(=O)Sc1ccc(C(=O)Oc2ccc(SC(=O)C(=C)C)c(C)c2)cc1. The standard InChI is InChI=1S/C22H20O4S2/c1-13(2)21(24)27-18-9-6-16(7-10-18)20(23)26-17-8-11-19(15(5)12-17)28-22(25)14(3)4/h6-12H,1,3H2,2,4-5H3. The molecule has 0 spiro atoms. The quantitative estimate of drug-likeness (QED) is 0.266. The van der Waals surface area contributed by atoms with Crippen LogP contribution in [0.15, 0.2) is 76.6 Å². The monoisotopic (exact) mass is 412 g/mol. The van der Waals surface area contributed by atoms with Crippen molar-refractivity contribution in [1.82, 2.24) is 0 Å². The molecule has 4 nitrogen and oxygen atoms in total. The molecule has 0 aliphatic rings. The largest absolute Gasteiger partial charge is 0.423 e. The van der Waals surface area contributed by atoms with Crippen molar-refractivity contribution in [2.24, 2.45) is 0 Å². The maximum Gasteiger partial charge on any atom is 0.343 e. The van der Waals surface area contributed by atoms with E-state index in [0.717, 1.165) is 38.9 Å². The average molecular weight is 413 g/mol. The summed E-state index contributed by atoms with van der Waals surface area (Å²) in [5.74, 6) is -0.105. The molecule has 28 heavy (non-hydrogen) atoms. The Bertz CT molecular complexity index is 959. The molecule has 2 rings (SSSR count). The Morgan fingerprint density at radius 2 is 1.43 bits per heavy atom. The smallest absolute Gasteiger partial charge is 0.343 e. The fraction of sp³-hybridized carbons (Fsp3) is 0.136. The zero-order chi connectivity index (χ0) is 20.8. The van der Waals surface area contributed by atoms with Gasteiger partial charge in [0.2, 0.25) is 10.2 Å². The van der Waals surface area contributed by atoms with Gasteiger partial charge in [0.05, 0.1) is 5.56 Å². The number of carbonyl (C=O) groups is 3. The van der Waals surface area contributed by atoms with Gasteiger partial charge in [0, 0.05) is 9.79 Å². The highest BCUT2D eigenvalue weighted by Crippen LogP contribution is 2.29. The van der Waals surface area contributed by atoms with E-state index in [2.05, 4.69) is 13.2 Å². The molecule has 0 saturated heterocycles. The summed E-state index contributed by atoms with van der Waals surface area (Å²) in [4.78, 5) is 37.3. The van der Waals surface area contributed by atoms with Crippen LogP contribution in [0.2, 0.25) is 0 Å². The van der Waals surface area contributed by atoms with Crippen LogP contribution in [-0.4, -0.2) is 16.2 Å². The second kappa shape index (κ2) is 9.57. The van der Waals surface area contributed by atoms with Crippen LogP contribution < -0.4 is 4.74 Å². The molecule has 0 fully saturated rings. The molecule has 2 aromatic rings. The van der Waals surface area contributed by atoms with E-state index in [1.54, 1.807) is 56.3 Å². The zero-order valence-electron chi connectivity index (χ0n) is 15.9. The lowest BCUT2D eigenvalue weighted by atomic mass is 10.2. The molecule has 0 amide bonds. The van der Waals surface area contributed by atoms with Gasteiger partial charge in [0.15, 0.2) is 0 Å². The van der Waals surface area contributed by atoms with E-state index in [0.29, 0.717) is 22.5 Å². The lowest BCUT2D eigenvalue weighted by Crippen LogP contribution is -2.08. The summed E-state index contributed by atoms with van der Waals surface area (Å²) in [5, 5.41) is -0.218. The lowest BCUT2D eigenvalue weighted by molar-refractivity contribution is -0.108. The Hall–Kier alpha value is -2.57. The van der Waals surface area contributed by atoms with E-state index in [-0.39, 0.29) is 10.2 Å². The van der Waals surface area contributed by atoms with Crippen LogP contribution in [0.3, 0.4) is 0 Å². The number of rotatable bonds is 6. The highest BCUT2D eigenvalue weighted by atomic mass is 32.2. The minimum Gasteiger partial charge on any atom is -0.423 e. The van der Waals surface area contributed by atoms with Crippen LogP contribution in [0.4, 0.5) is 0 Å². The van der Waals surface area contributed by atoms with Crippen molar-refractivity contribution in [2.45, 2.75) is 30.6 Å². The van der Waals surface area contributed by atoms with E-state index >= 15 is 0 Å². The second-order valence-corrected chi connectivity index (χ2v) is 8.24. The summed E-state index contributed by atoms with van der Waals surface area (Å²) in [7, 11) is 0. The number of thioether (sulfide) groups is 2. The van der Waals surface area contributed by atoms with Crippen molar-refractivity contribution < 1.29 is 19.1 Å². The molecule has 144 valence electrons. The van der Waals surface area contributed by atoms with Gasteiger partial charge < -0.3 is 4.74 Å². The van der Waals surface area contributed by atoms with Gasteiger partial charge in [-0.1, -0.05) is 13.2 Å². The number of hydrogen-bond donors (Lipinski definition) is 0. The first kappa shape index (κ1) is 21.7. The maximum absolute atomic E-state index is 12.3. The predicted octanol–water partition coefficient (Wildman–Crippen LogP) is 5.60. The van der Waals surface area contributed by atoms with Gasteiger partial charge in [-0.2, -0.15) is 0 Å². The van der Waals surface area contributed by atoms with Crippen LogP contribution in [0.1, 0.15) is 29.8 Å². The zero-order valence-corrected chi connectivity index (χ0v) is 17.5. The maximum atomic E-state index is 12.3.